The molecule has 0 fully saturated rings. The summed E-state index contributed by atoms with van der Waals surface area (Å²) < 4.78 is 11.4. The minimum Gasteiger partial charge on any atom is -0.489 e. The van der Waals surface area contributed by atoms with Crippen LogP contribution in [-0.2, 0) is 24.5 Å². The third kappa shape index (κ3) is 6.47. The Hall–Kier alpha value is -3.11. The van der Waals surface area contributed by atoms with Crippen LogP contribution in [0.2, 0.25) is 0 Å². The van der Waals surface area contributed by atoms with E-state index in [0.29, 0.717) is 25.3 Å². The van der Waals surface area contributed by atoms with Gasteiger partial charge in [-0.1, -0.05) is 54.6 Å². The molecular weight excluding hydrogens is 362 g/mol. The highest BCUT2D eigenvalue weighted by atomic mass is 16.5. The number of para-hydroxylation sites is 1. The Morgan fingerprint density at radius 2 is 1.48 bits per heavy atom. The lowest BCUT2D eigenvalue weighted by molar-refractivity contribution is 0.0651. The minimum atomic E-state index is -0.0971. The quantitative estimate of drug-likeness (QED) is 0.552. The summed E-state index contributed by atoms with van der Waals surface area (Å²) in [5.41, 5.74) is 3.80. The van der Waals surface area contributed by atoms with Gasteiger partial charge in [0, 0.05) is 12.1 Å². The first-order valence-electron chi connectivity index (χ1n) is 9.85. The lowest BCUT2D eigenvalue weighted by Gasteiger charge is -2.13. The van der Waals surface area contributed by atoms with Gasteiger partial charge in [-0.15, -0.1) is 0 Å². The van der Waals surface area contributed by atoms with E-state index in [4.69, 9.17) is 9.47 Å². The lowest BCUT2D eigenvalue weighted by Crippen LogP contribution is -2.23. The third-order valence-electron chi connectivity index (χ3n) is 4.49. The second-order valence-electron chi connectivity index (χ2n) is 7.11. The Labute approximate surface area is 172 Å². The molecule has 3 rings (SSSR count). The number of rotatable bonds is 9. The first kappa shape index (κ1) is 20.6. The molecule has 0 radical (unpaired) electrons. The summed E-state index contributed by atoms with van der Waals surface area (Å²) in [7, 11) is 0. The van der Waals surface area contributed by atoms with E-state index in [-0.39, 0.29) is 12.0 Å². The van der Waals surface area contributed by atoms with Crippen LogP contribution in [0.1, 0.15) is 40.9 Å². The molecule has 0 atom stereocenters. The number of nitrogens with one attached hydrogen (secondary N) is 1. The number of hydrogen-bond acceptors (Lipinski definition) is 3. The van der Waals surface area contributed by atoms with Gasteiger partial charge in [-0.2, -0.15) is 0 Å². The predicted octanol–water partition coefficient (Wildman–Crippen LogP) is 5.12. The van der Waals surface area contributed by atoms with Crippen LogP contribution in [-0.4, -0.2) is 12.0 Å². The fraction of sp³-hybridized carbons (Fsp3) is 0.240. The lowest BCUT2D eigenvalue weighted by atomic mass is 10.1. The van der Waals surface area contributed by atoms with E-state index in [2.05, 4.69) is 5.32 Å². The van der Waals surface area contributed by atoms with Gasteiger partial charge in [-0.05, 0) is 54.8 Å². The van der Waals surface area contributed by atoms with Crippen LogP contribution >= 0.6 is 0 Å². The van der Waals surface area contributed by atoms with Crippen molar-refractivity contribution in [1.82, 2.24) is 5.32 Å². The molecule has 0 spiro atoms. The van der Waals surface area contributed by atoms with Gasteiger partial charge in [0.05, 0.1) is 12.7 Å². The van der Waals surface area contributed by atoms with E-state index in [1.54, 1.807) is 0 Å². The summed E-state index contributed by atoms with van der Waals surface area (Å²) >= 11 is 0. The Balaban J connectivity index is 1.53. The molecule has 0 saturated heterocycles. The van der Waals surface area contributed by atoms with Crippen LogP contribution in [0.5, 0.6) is 5.75 Å². The summed E-state index contributed by atoms with van der Waals surface area (Å²) in [6, 6.07) is 25.2. The molecule has 3 aromatic carbocycles. The van der Waals surface area contributed by atoms with Crippen LogP contribution in [0.15, 0.2) is 78.9 Å². The first-order valence-corrected chi connectivity index (χ1v) is 9.85. The maximum absolute atomic E-state index is 12.5. The number of benzene rings is 3. The standard InChI is InChI=1S/C25H27NO3/c1-19(2)28-18-23-9-7-6-8-22(23)16-26-25(27)21-14-12-20(13-15-21)17-29-24-10-4-3-5-11-24/h3-15,19H,16-18H2,1-2H3,(H,26,27). The van der Waals surface area contributed by atoms with Crippen LogP contribution in [0, 0.1) is 0 Å². The van der Waals surface area contributed by atoms with Crippen molar-refractivity contribution in [3.63, 3.8) is 0 Å². The van der Waals surface area contributed by atoms with E-state index < -0.39 is 0 Å². The van der Waals surface area contributed by atoms with Gasteiger partial charge in [-0.3, -0.25) is 4.79 Å². The molecule has 1 amide bonds. The molecule has 4 heteroatoms. The second-order valence-corrected chi connectivity index (χ2v) is 7.11. The van der Waals surface area contributed by atoms with Crippen molar-refractivity contribution in [1.29, 1.82) is 0 Å². The Morgan fingerprint density at radius 1 is 0.828 bits per heavy atom. The summed E-state index contributed by atoms with van der Waals surface area (Å²) in [4.78, 5) is 12.5. The highest BCUT2D eigenvalue weighted by Crippen LogP contribution is 2.14. The SMILES string of the molecule is CC(C)OCc1ccccc1CNC(=O)c1ccc(COc2ccccc2)cc1. The van der Waals surface area contributed by atoms with Gasteiger partial charge in [-0.25, -0.2) is 0 Å². The van der Waals surface area contributed by atoms with Crippen molar-refractivity contribution < 1.29 is 14.3 Å². The molecule has 0 bridgehead atoms. The Bertz CT molecular complexity index is 905. The second kappa shape index (κ2) is 10.4. The maximum atomic E-state index is 12.5. The highest BCUT2D eigenvalue weighted by Gasteiger charge is 2.08. The molecule has 0 aliphatic carbocycles. The zero-order valence-corrected chi connectivity index (χ0v) is 16.9. The van der Waals surface area contributed by atoms with Gasteiger partial charge in [0.1, 0.15) is 12.4 Å². The average Bonchev–Trinajstić information content (AvgIpc) is 2.76. The molecule has 0 aromatic heterocycles. The van der Waals surface area contributed by atoms with Gasteiger partial charge >= 0.3 is 0 Å². The molecule has 0 heterocycles. The summed E-state index contributed by atoms with van der Waals surface area (Å²) in [6.45, 7) is 5.50. The predicted molar refractivity (Wildman–Crippen MR) is 115 cm³/mol. The summed E-state index contributed by atoms with van der Waals surface area (Å²) in [5.74, 6) is 0.731. The van der Waals surface area contributed by atoms with Gasteiger partial charge in [0.25, 0.3) is 5.91 Å². The molecule has 0 aliphatic rings. The molecule has 29 heavy (non-hydrogen) atoms. The number of hydrogen-bond donors (Lipinski definition) is 1. The van der Waals surface area contributed by atoms with E-state index in [9.17, 15) is 4.79 Å². The van der Waals surface area contributed by atoms with Crippen molar-refractivity contribution in [2.24, 2.45) is 0 Å². The zero-order chi connectivity index (χ0) is 20.5. The van der Waals surface area contributed by atoms with Crippen molar-refractivity contribution in [2.45, 2.75) is 39.7 Å². The normalized spacial score (nSPS) is 10.7. The number of carbonyl (C=O) groups is 1. The zero-order valence-electron chi connectivity index (χ0n) is 16.9. The van der Waals surface area contributed by atoms with Gasteiger partial charge < -0.3 is 14.8 Å². The van der Waals surface area contributed by atoms with Crippen LogP contribution < -0.4 is 10.1 Å². The Morgan fingerprint density at radius 3 is 2.17 bits per heavy atom. The molecular formula is C25H27NO3. The fourth-order valence-corrected chi connectivity index (χ4v) is 2.84. The molecule has 1 N–H and O–H groups in total. The highest BCUT2D eigenvalue weighted by molar-refractivity contribution is 5.94. The molecule has 150 valence electrons. The molecule has 0 unspecified atom stereocenters. The van der Waals surface area contributed by atoms with Crippen molar-refractivity contribution in [3.05, 3.63) is 101 Å². The summed E-state index contributed by atoms with van der Waals surface area (Å²) in [6.07, 6.45) is 0.169. The van der Waals surface area contributed by atoms with Crippen molar-refractivity contribution in [3.8, 4) is 5.75 Å². The Kier molecular flexibility index (Phi) is 7.42. The van der Waals surface area contributed by atoms with Crippen LogP contribution in [0.25, 0.3) is 0 Å². The molecule has 3 aromatic rings. The minimum absolute atomic E-state index is 0.0971. The number of carbonyl (C=O) groups excluding carboxylic acids is 1. The molecule has 0 saturated carbocycles. The number of ether oxygens (including phenoxy) is 2. The average molecular weight is 389 g/mol. The third-order valence-corrected chi connectivity index (χ3v) is 4.49. The maximum Gasteiger partial charge on any atom is 0.251 e. The molecule has 4 nitrogen and oxygen atoms in total. The van der Waals surface area contributed by atoms with E-state index in [0.717, 1.165) is 22.4 Å². The van der Waals surface area contributed by atoms with E-state index >= 15 is 0 Å². The van der Waals surface area contributed by atoms with E-state index in [1.165, 1.54) is 0 Å². The van der Waals surface area contributed by atoms with E-state index in [1.807, 2.05) is 92.7 Å². The largest absolute Gasteiger partial charge is 0.489 e. The smallest absolute Gasteiger partial charge is 0.251 e. The van der Waals surface area contributed by atoms with Gasteiger partial charge in [0.15, 0.2) is 0 Å². The van der Waals surface area contributed by atoms with Crippen LogP contribution in [0.4, 0.5) is 0 Å². The number of amides is 1. The van der Waals surface area contributed by atoms with Crippen molar-refractivity contribution >= 4 is 5.91 Å². The van der Waals surface area contributed by atoms with Crippen molar-refractivity contribution in [2.75, 3.05) is 0 Å². The monoisotopic (exact) mass is 389 g/mol. The topological polar surface area (TPSA) is 47.6 Å². The summed E-state index contributed by atoms with van der Waals surface area (Å²) in [5, 5.41) is 2.99. The fourth-order valence-electron chi connectivity index (χ4n) is 2.84. The molecule has 0 aliphatic heterocycles. The van der Waals surface area contributed by atoms with Gasteiger partial charge in [0.2, 0.25) is 0 Å². The first-order chi connectivity index (χ1) is 14.1. The van der Waals surface area contributed by atoms with Crippen LogP contribution in [0.3, 0.4) is 0 Å².